The van der Waals surface area contributed by atoms with Crippen molar-refractivity contribution >= 4 is 17.7 Å². The molecular weight excluding hydrogens is 302 g/mol. The Labute approximate surface area is 130 Å². The lowest BCUT2D eigenvalue weighted by Crippen LogP contribution is -1.95. The van der Waals surface area contributed by atoms with Crippen LogP contribution in [0.15, 0.2) is 52.0 Å². The quantitative estimate of drug-likeness (QED) is 0.740. The lowest BCUT2D eigenvalue weighted by Gasteiger charge is -2.00. The van der Waals surface area contributed by atoms with Gasteiger partial charge in [0, 0.05) is 11.8 Å². The lowest BCUT2D eigenvalue weighted by atomic mass is 10.1. The van der Waals surface area contributed by atoms with Gasteiger partial charge in [0.1, 0.15) is 5.03 Å². The molecule has 0 aliphatic carbocycles. The van der Waals surface area contributed by atoms with E-state index < -0.39 is 5.97 Å². The second-order valence-corrected chi connectivity index (χ2v) is 5.15. The molecule has 0 amide bonds. The van der Waals surface area contributed by atoms with Crippen LogP contribution in [0, 0.1) is 0 Å². The number of carbonyl (C=O) groups is 1. The van der Waals surface area contributed by atoms with Crippen molar-refractivity contribution < 1.29 is 14.3 Å². The summed E-state index contributed by atoms with van der Waals surface area (Å²) in [6.07, 6.45) is 3.61. The number of benzene rings is 1. The number of aromatic carboxylic acids is 1. The molecule has 0 spiro atoms. The number of carboxylic acids is 1. The smallest absolute Gasteiger partial charge is 0.335 e. The SMILES string of the molecule is CSc1ncccc1-c1nnc(-c2cccc(C(=O)O)c2)o1. The average molecular weight is 313 g/mol. The van der Waals surface area contributed by atoms with Crippen molar-refractivity contribution in [3.05, 3.63) is 48.2 Å². The molecule has 0 radical (unpaired) electrons. The first-order valence-electron chi connectivity index (χ1n) is 6.35. The summed E-state index contributed by atoms with van der Waals surface area (Å²) in [7, 11) is 0. The third-order valence-electron chi connectivity index (χ3n) is 2.98. The van der Waals surface area contributed by atoms with Gasteiger partial charge in [0.15, 0.2) is 0 Å². The van der Waals surface area contributed by atoms with Gasteiger partial charge >= 0.3 is 5.97 Å². The van der Waals surface area contributed by atoms with Gasteiger partial charge in [-0.3, -0.25) is 0 Å². The summed E-state index contributed by atoms with van der Waals surface area (Å²) < 4.78 is 5.66. The zero-order valence-corrected chi connectivity index (χ0v) is 12.4. The van der Waals surface area contributed by atoms with Gasteiger partial charge in [0.2, 0.25) is 5.89 Å². The van der Waals surface area contributed by atoms with Gasteiger partial charge in [0.25, 0.3) is 5.89 Å². The van der Waals surface area contributed by atoms with Crippen LogP contribution in [-0.2, 0) is 0 Å². The molecule has 0 saturated carbocycles. The summed E-state index contributed by atoms with van der Waals surface area (Å²) in [6, 6.07) is 10.0. The molecule has 3 aromatic rings. The van der Waals surface area contributed by atoms with Crippen LogP contribution >= 0.6 is 11.8 Å². The van der Waals surface area contributed by atoms with Crippen molar-refractivity contribution in [2.45, 2.75) is 5.03 Å². The van der Waals surface area contributed by atoms with Gasteiger partial charge in [-0.1, -0.05) is 6.07 Å². The zero-order chi connectivity index (χ0) is 15.5. The standard InChI is InChI=1S/C15H11N3O3S/c1-22-14-11(6-3-7-16-14)13-18-17-12(21-13)9-4-2-5-10(8-9)15(19)20/h2-8H,1H3,(H,19,20). The van der Waals surface area contributed by atoms with E-state index >= 15 is 0 Å². The maximum absolute atomic E-state index is 11.0. The first kappa shape index (κ1) is 14.3. The fourth-order valence-electron chi connectivity index (χ4n) is 1.95. The first-order chi connectivity index (χ1) is 10.7. The molecular formula is C15H11N3O3S. The molecule has 0 saturated heterocycles. The maximum Gasteiger partial charge on any atom is 0.335 e. The molecule has 2 heterocycles. The van der Waals surface area contributed by atoms with Crippen LogP contribution in [0.4, 0.5) is 0 Å². The Morgan fingerprint density at radius 3 is 2.77 bits per heavy atom. The van der Waals surface area contributed by atoms with Crippen LogP contribution in [0.2, 0.25) is 0 Å². The van der Waals surface area contributed by atoms with Gasteiger partial charge in [0.05, 0.1) is 11.1 Å². The van der Waals surface area contributed by atoms with Gasteiger partial charge in [-0.15, -0.1) is 22.0 Å². The summed E-state index contributed by atoms with van der Waals surface area (Å²) in [5, 5.41) is 17.8. The highest BCUT2D eigenvalue weighted by atomic mass is 32.2. The van der Waals surface area contributed by atoms with E-state index in [1.807, 2.05) is 12.3 Å². The van der Waals surface area contributed by atoms with E-state index in [2.05, 4.69) is 15.2 Å². The van der Waals surface area contributed by atoms with Crippen molar-refractivity contribution in [1.29, 1.82) is 0 Å². The van der Waals surface area contributed by atoms with Gasteiger partial charge in [-0.25, -0.2) is 9.78 Å². The van der Waals surface area contributed by atoms with E-state index in [1.165, 1.54) is 23.9 Å². The molecule has 1 N–H and O–H groups in total. The monoisotopic (exact) mass is 313 g/mol. The Kier molecular flexibility index (Phi) is 3.88. The Morgan fingerprint density at radius 1 is 1.18 bits per heavy atom. The molecule has 22 heavy (non-hydrogen) atoms. The summed E-state index contributed by atoms with van der Waals surface area (Å²) in [5.41, 5.74) is 1.49. The minimum atomic E-state index is -1.00. The molecule has 1 aromatic carbocycles. The Morgan fingerprint density at radius 2 is 2.00 bits per heavy atom. The summed E-state index contributed by atoms with van der Waals surface area (Å²) in [6.45, 7) is 0. The number of pyridine rings is 1. The molecule has 0 aliphatic rings. The molecule has 0 bridgehead atoms. The molecule has 6 nitrogen and oxygen atoms in total. The lowest BCUT2D eigenvalue weighted by molar-refractivity contribution is 0.0697. The number of hydrogen-bond donors (Lipinski definition) is 1. The summed E-state index contributed by atoms with van der Waals surface area (Å²) >= 11 is 1.49. The highest BCUT2D eigenvalue weighted by Gasteiger charge is 2.15. The highest BCUT2D eigenvalue weighted by molar-refractivity contribution is 7.98. The number of carboxylic acid groups (broad SMARTS) is 1. The van der Waals surface area contributed by atoms with E-state index in [-0.39, 0.29) is 11.5 Å². The Balaban J connectivity index is 2.01. The van der Waals surface area contributed by atoms with E-state index in [0.717, 1.165) is 10.6 Å². The second kappa shape index (κ2) is 5.98. The predicted molar refractivity (Wildman–Crippen MR) is 81.7 cm³/mol. The summed E-state index contributed by atoms with van der Waals surface area (Å²) in [4.78, 5) is 15.3. The molecule has 3 rings (SSSR count). The third kappa shape index (κ3) is 2.71. The van der Waals surface area contributed by atoms with E-state index in [9.17, 15) is 4.79 Å². The molecule has 0 atom stereocenters. The van der Waals surface area contributed by atoms with Crippen molar-refractivity contribution in [3.8, 4) is 22.9 Å². The number of nitrogens with zero attached hydrogens (tertiary/aromatic N) is 3. The van der Waals surface area contributed by atoms with Crippen molar-refractivity contribution in [1.82, 2.24) is 15.2 Å². The molecule has 0 aliphatic heterocycles. The topological polar surface area (TPSA) is 89.1 Å². The maximum atomic E-state index is 11.0. The Bertz CT molecular complexity index is 832. The average Bonchev–Trinajstić information content (AvgIpc) is 3.04. The number of aromatic nitrogens is 3. The minimum Gasteiger partial charge on any atom is -0.478 e. The Hall–Kier alpha value is -2.67. The van der Waals surface area contributed by atoms with Crippen LogP contribution in [0.3, 0.4) is 0 Å². The first-order valence-corrected chi connectivity index (χ1v) is 7.58. The van der Waals surface area contributed by atoms with Crippen molar-refractivity contribution in [3.63, 3.8) is 0 Å². The summed E-state index contributed by atoms with van der Waals surface area (Å²) in [5.74, 6) is -0.374. The fourth-order valence-corrected chi connectivity index (χ4v) is 2.49. The number of thioether (sulfide) groups is 1. The highest BCUT2D eigenvalue weighted by Crippen LogP contribution is 2.29. The fraction of sp³-hybridized carbons (Fsp3) is 0.0667. The zero-order valence-electron chi connectivity index (χ0n) is 11.6. The molecule has 7 heteroatoms. The largest absolute Gasteiger partial charge is 0.478 e. The normalized spacial score (nSPS) is 10.6. The van der Waals surface area contributed by atoms with E-state index in [4.69, 9.17) is 9.52 Å². The van der Waals surface area contributed by atoms with Gasteiger partial charge in [-0.05, 0) is 36.6 Å². The minimum absolute atomic E-state index is 0.170. The van der Waals surface area contributed by atoms with Crippen LogP contribution in [-0.4, -0.2) is 32.5 Å². The van der Waals surface area contributed by atoms with E-state index in [1.54, 1.807) is 24.4 Å². The molecule has 110 valence electrons. The molecule has 0 unspecified atom stereocenters. The van der Waals surface area contributed by atoms with Crippen molar-refractivity contribution in [2.24, 2.45) is 0 Å². The van der Waals surface area contributed by atoms with Crippen LogP contribution in [0.5, 0.6) is 0 Å². The number of rotatable bonds is 4. The van der Waals surface area contributed by atoms with E-state index in [0.29, 0.717) is 11.5 Å². The second-order valence-electron chi connectivity index (χ2n) is 4.36. The molecule has 2 aromatic heterocycles. The van der Waals surface area contributed by atoms with Gasteiger partial charge < -0.3 is 9.52 Å². The van der Waals surface area contributed by atoms with Crippen molar-refractivity contribution in [2.75, 3.05) is 6.26 Å². The number of hydrogen-bond acceptors (Lipinski definition) is 6. The van der Waals surface area contributed by atoms with Gasteiger partial charge in [-0.2, -0.15) is 0 Å². The van der Waals surface area contributed by atoms with Crippen LogP contribution in [0.25, 0.3) is 22.9 Å². The predicted octanol–water partition coefficient (Wildman–Crippen LogP) is 3.22. The third-order valence-corrected chi connectivity index (χ3v) is 3.69. The van der Waals surface area contributed by atoms with Crippen LogP contribution in [0.1, 0.15) is 10.4 Å². The van der Waals surface area contributed by atoms with Crippen LogP contribution < -0.4 is 0 Å². The molecule has 0 fully saturated rings.